The summed E-state index contributed by atoms with van der Waals surface area (Å²) in [5.41, 5.74) is 2.56. The molecular weight excluding hydrogens is 457 g/mol. The van der Waals surface area contributed by atoms with Gasteiger partial charge in [0.15, 0.2) is 0 Å². The summed E-state index contributed by atoms with van der Waals surface area (Å²) in [4.78, 5) is 18.7. The smallest absolute Gasteiger partial charge is 0.254 e. The molecule has 0 aliphatic rings. The Morgan fingerprint density at radius 3 is 2.47 bits per heavy atom. The van der Waals surface area contributed by atoms with Crippen LogP contribution in [0, 0.1) is 12.7 Å². The number of methoxy groups -OCH3 is 1. The van der Waals surface area contributed by atoms with E-state index in [1.54, 1.807) is 22.8 Å². The highest BCUT2D eigenvalue weighted by Gasteiger charge is 2.25. The number of hydrogen-bond acceptors (Lipinski definition) is 5. The molecule has 0 saturated heterocycles. The van der Waals surface area contributed by atoms with Crippen LogP contribution in [-0.4, -0.2) is 49.0 Å². The molecule has 0 spiro atoms. The van der Waals surface area contributed by atoms with E-state index < -0.39 is 15.7 Å². The van der Waals surface area contributed by atoms with Crippen molar-refractivity contribution in [2.45, 2.75) is 30.9 Å². The standard InChI is InChI=1S/C25H28FN3O4S/c1-4-13-28(24(30)21-9-11-22(26)12-10-21)17-23-16-27-25(29(23)14-15-33-3)34(31,32)18-20-7-5-19(2)6-8-20/h4-12,16H,1,13-15,17-18H2,2-3H3. The zero-order valence-electron chi connectivity index (χ0n) is 19.3. The molecule has 0 fully saturated rings. The van der Waals surface area contributed by atoms with Gasteiger partial charge in [-0.15, -0.1) is 6.58 Å². The Labute approximate surface area is 199 Å². The molecule has 0 N–H and O–H groups in total. The molecule has 2 aromatic carbocycles. The van der Waals surface area contributed by atoms with Crippen LogP contribution < -0.4 is 0 Å². The first kappa shape index (κ1) is 25.3. The van der Waals surface area contributed by atoms with Gasteiger partial charge in [0.05, 0.1) is 30.8 Å². The largest absolute Gasteiger partial charge is 0.383 e. The average molecular weight is 486 g/mol. The summed E-state index contributed by atoms with van der Waals surface area (Å²) in [7, 11) is -2.23. The molecule has 34 heavy (non-hydrogen) atoms. The van der Waals surface area contributed by atoms with Crippen molar-refractivity contribution < 1.29 is 22.3 Å². The predicted octanol–water partition coefficient (Wildman–Crippen LogP) is 3.78. The van der Waals surface area contributed by atoms with Gasteiger partial charge in [0.25, 0.3) is 5.91 Å². The van der Waals surface area contributed by atoms with Gasteiger partial charge in [-0.1, -0.05) is 35.9 Å². The molecule has 0 unspecified atom stereocenters. The predicted molar refractivity (Wildman–Crippen MR) is 128 cm³/mol. The van der Waals surface area contributed by atoms with E-state index in [1.165, 1.54) is 42.5 Å². The fourth-order valence-corrected chi connectivity index (χ4v) is 5.02. The number of hydrogen-bond donors (Lipinski definition) is 0. The third kappa shape index (κ3) is 6.18. The van der Waals surface area contributed by atoms with Gasteiger partial charge in [-0.2, -0.15) is 0 Å². The summed E-state index contributed by atoms with van der Waals surface area (Å²) in [5.74, 6) is -0.960. The summed E-state index contributed by atoms with van der Waals surface area (Å²) in [6.07, 6.45) is 3.04. The van der Waals surface area contributed by atoms with E-state index >= 15 is 0 Å². The van der Waals surface area contributed by atoms with Crippen molar-refractivity contribution in [2.75, 3.05) is 20.3 Å². The van der Waals surface area contributed by atoms with Crippen molar-refractivity contribution in [3.8, 4) is 0 Å². The van der Waals surface area contributed by atoms with Crippen LogP contribution in [0.5, 0.6) is 0 Å². The summed E-state index contributed by atoms with van der Waals surface area (Å²) in [5, 5.41) is -0.0760. The quantitative estimate of drug-likeness (QED) is 0.386. The second-order valence-corrected chi connectivity index (χ2v) is 9.79. The second kappa shape index (κ2) is 11.2. The van der Waals surface area contributed by atoms with Crippen LogP contribution >= 0.6 is 0 Å². The maximum absolute atomic E-state index is 13.3. The molecule has 9 heteroatoms. The maximum atomic E-state index is 13.3. The van der Waals surface area contributed by atoms with Gasteiger partial charge in [-0.05, 0) is 36.8 Å². The van der Waals surface area contributed by atoms with Crippen molar-refractivity contribution in [1.82, 2.24) is 14.5 Å². The molecule has 1 amide bonds. The van der Waals surface area contributed by atoms with Crippen LogP contribution in [0.3, 0.4) is 0 Å². The van der Waals surface area contributed by atoms with Crippen molar-refractivity contribution in [1.29, 1.82) is 0 Å². The van der Waals surface area contributed by atoms with E-state index in [0.717, 1.165) is 5.56 Å². The molecular formula is C25H28FN3O4S. The number of sulfone groups is 1. The van der Waals surface area contributed by atoms with E-state index in [1.807, 2.05) is 19.1 Å². The lowest BCUT2D eigenvalue weighted by atomic mass is 10.2. The number of nitrogens with zero attached hydrogens (tertiary/aromatic N) is 3. The number of imidazole rings is 1. The molecule has 180 valence electrons. The molecule has 0 bridgehead atoms. The lowest BCUT2D eigenvalue weighted by molar-refractivity contribution is 0.0758. The Kier molecular flexibility index (Phi) is 8.36. The molecule has 0 atom stereocenters. The molecule has 7 nitrogen and oxygen atoms in total. The van der Waals surface area contributed by atoms with E-state index in [9.17, 15) is 17.6 Å². The van der Waals surface area contributed by atoms with Gasteiger partial charge in [-0.3, -0.25) is 4.79 Å². The highest BCUT2D eigenvalue weighted by atomic mass is 32.2. The maximum Gasteiger partial charge on any atom is 0.254 e. The van der Waals surface area contributed by atoms with Crippen molar-refractivity contribution >= 4 is 15.7 Å². The third-order valence-corrected chi connectivity index (χ3v) is 6.85. The summed E-state index contributed by atoms with van der Waals surface area (Å²) in [6, 6.07) is 12.5. The van der Waals surface area contributed by atoms with Crippen LogP contribution in [0.25, 0.3) is 0 Å². The van der Waals surface area contributed by atoms with Gasteiger partial charge < -0.3 is 14.2 Å². The highest BCUT2D eigenvalue weighted by Crippen LogP contribution is 2.20. The first-order valence-electron chi connectivity index (χ1n) is 10.7. The van der Waals surface area contributed by atoms with Crippen LogP contribution in [0.4, 0.5) is 4.39 Å². The lowest BCUT2D eigenvalue weighted by Gasteiger charge is -2.22. The van der Waals surface area contributed by atoms with Gasteiger partial charge in [0, 0.05) is 25.8 Å². The molecule has 3 rings (SSSR count). The number of carbonyl (C=O) groups excluding carboxylic acids is 1. The normalized spacial score (nSPS) is 11.4. The Morgan fingerprint density at radius 2 is 1.85 bits per heavy atom. The van der Waals surface area contributed by atoms with E-state index in [-0.39, 0.29) is 43.1 Å². The molecule has 1 heterocycles. The number of benzene rings is 2. The minimum Gasteiger partial charge on any atom is -0.383 e. The van der Waals surface area contributed by atoms with Crippen molar-refractivity contribution in [2.24, 2.45) is 0 Å². The van der Waals surface area contributed by atoms with Crippen LogP contribution in [0.15, 0.2) is 72.5 Å². The van der Waals surface area contributed by atoms with Gasteiger partial charge >= 0.3 is 0 Å². The molecule has 0 aliphatic heterocycles. The number of aromatic nitrogens is 2. The average Bonchev–Trinajstić information content (AvgIpc) is 3.22. The first-order chi connectivity index (χ1) is 16.2. The van der Waals surface area contributed by atoms with Gasteiger partial charge in [0.1, 0.15) is 5.82 Å². The number of aryl methyl sites for hydroxylation is 1. The van der Waals surface area contributed by atoms with Crippen LogP contribution in [0.1, 0.15) is 27.2 Å². The van der Waals surface area contributed by atoms with Crippen molar-refractivity contribution in [3.05, 3.63) is 95.6 Å². The SMILES string of the molecule is C=CCN(Cc1cnc(S(=O)(=O)Cc2ccc(C)cc2)n1CCOC)C(=O)c1ccc(F)cc1. The van der Waals surface area contributed by atoms with Crippen molar-refractivity contribution in [3.63, 3.8) is 0 Å². The zero-order valence-corrected chi connectivity index (χ0v) is 20.1. The minimum atomic E-state index is -3.76. The van der Waals surface area contributed by atoms with E-state index in [0.29, 0.717) is 16.8 Å². The molecule has 1 aromatic heterocycles. The highest BCUT2D eigenvalue weighted by molar-refractivity contribution is 7.90. The number of ether oxygens (including phenoxy) is 1. The lowest BCUT2D eigenvalue weighted by Crippen LogP contribution is -2.32. The number of rotatable bonds is 11. The third-order valence-electron chi connectivity index (χ3n) is 5.26. The molecule has 0 aliphatic carbocycles. The topological polar surface area (TPSA) is 81.5 Å². The fourth-order valence-electron chi connectivity index (χ4n) is 3.50. The Bertz CT molecular complexity index is 1240. The molecule has 0 saturated carbocycles. The zero-order chi connectivity index (χ0) is 24.7. The number of amides is 1. The van der Waals surface area contributed by atoms with Crippen LogP contribution in [0.2, 0.25) is 0 Å². The van der Waals surface area contributed by atoms with Gasteiger partial charge in [-0.25, -0.2) is 17.8 Å². The molecule has 0 radical (unpaired) electrons. The van der Waals surface area contributed by atoms with E-state index in [4.69, 9.17) is 4.74 Å². The summed E-state index contributed by atoms with van der Waals surface area (Å²) < 4.78 is 46.5. The minimum absolute atomic E-state index is 0.0760. The first-order valence-corrected chi connectivity index (χ1v) is 12.4. The second-order valence-electron chi connectivity index (χ2n) is 7.90. The Hall–Kier alpha value is -3.30. The number of carbonyl (C=O) groups is 1. The van der Waals surface area contributed by atoms with Gasteiger partial charge in [0.2, 0.25) is 15.0 Å². The Balaban J connectivity index is 1.92. The Morgan fingerprint density at radius 1 is 1.18 bits per heavy atom. The molecule has 3 aromatic rings. The monoisotopic (exact) mass is 485 g/mol. The van der Waals surface area contributed by atoms with Crippen LogP contribution in [-0.2, 0) is 33.4 Å². The van der Waals surface area contributed by atoms with E-state index in [2.05, 4.69) is 11.6 Å². The number of halogens is 1. The fraction of sp³-hybridized carbons (Fsp3) is 0.280. The summed E-state index contributed by atoms with van der Waals surface area (Å²) >= 11 is 0. The summed E-state index contributed by atoms with van der Waals surface area (Å²) in [6.45, 7) is 6.48.